The van der Waals surface area contributed by atoms with Crippen molar-refractivity contribution < 1.29 is 19.7 Å². The highest BCUT2D eigenvalue weighted by molar-refractivity contribution is 5.92. The van der Waals surface area contributed by atoms with Gasteiger partial charge < -0.3 is 31.3 Å². The molecule has 10 heteroatoms. The molecule has 4 rings (SSSR count). The van der Waals surface area contributed by atoms with Gasteiger partial charge in [-0.05, 0) is 55.9 Å². The van der Waals surface area contributed by atoms with Gasteiger partial charge in [0.05, 0.1) is 6.10 Å². The van der Waals surface area contributed by atoms with Crippen LogP contribution in [0.15, 0.2) is 42.0 Å². The molecule has 1 amide bonds. The van der Waals surface area contributed by atoms with Crippen LogP contribution in [0.2, 0.25) is 0 Å². The molecule has 10 nitrogen and oxygen atoms in total. The molecule has 1 unspecified atom stereocenters. The summed E-state index contributed by atoms with van der Waals surface area (Å²) in [6, 6.07) is 7.92. The fourth-order valence-electron chi connectivity index (χ4n) is 4.08. The van der Waals surface area contributed by atoms with Crippen LogP contribution < -0.4 is 21.1 Å². The van der Waals surface area contributed by atoms with Gasteiger partial charge >= 0.3 is 0 Å². The molecule has 35 heavy (non-hydrogen) atoms. The van der Waals surface area contributed by atoms with Gasteiger partial charge in [0.2, 0.25) is 0 Å². The molecule has 1 atom stereocenters. The van der Waals surface area contributed by atoms with Crippen molar-refractivity contribution in [3.63, 3.8) is 0 Å². The third-order valence-corrected chi connectivity index (χ3v) is 6.42. The molecule has 1 fully saturated rings. The minimum absolute atomic E-state index is 0.0282. The minimum Gasteiger partial charge on any atom is -0.507 e. The summed E-state index contributed by atoms with van der Waals surface area (Å²) in [4.78, 5) is 22.9. The van der Waals surface area contributed by atoms with Gasteiger partial charge in [-0.15, -0.1) is 0 Å². The summed E-state index contributed by atoms with van der Waals surface area (Å²) in [5.41, 5.74) is 8.53. The van der Waals surface area contributed by atoms with E-state index in [2.05, 4.69) is 25.5 Å². The molecule has 0 spiro atoms. The largest absolute Gasteiger partial charge is 0.507 e. The monoisotopic (exact) mass is 482 g/mol. The van der Waals surface area contributed by atoms with Crippen LogP contribution in [0.25, 0.3) is 0 Å². The molecule has 2 heterocycles. The molecule has 1 saturated carbocycles. The summed E-state index contributed by atoms with van der Waals surface area (Å²) in [5, 5.41) is 26.3. The second kappa shape index (κ2) is 11.4. The highest BCUT2D eigenvalue weighted by Gasteiger charge is 2.21. The predicted molar refractivity (Wildman–Crippen MR) is 132 cm³/mol. The number of nitrogens with zero attached hydrogens (tertiary/aromatic N) is 3. The Labute approximate surface area is 205 Å². The number of anilines is 1. The first-order chi connectivity index (χ1) is 16.9. The quantitative estimate of drug-likeness (QED) is 0.319. The lowest BCUT2D eigenvalue weighted by molar-refractivity contribution is 0.0838. The Morgan fingerprint density at radius 1 is 1.29 bits per heavy atom. The van der Waals surface area contributed by atoms with E-state index >= 15 is 0 Å². The van der Waals surface area contributed by atoms with E-state index < -0.39 is 6.10 Å². The van der Waals surface area contributed by atoms with Gasteiger partial charge in [-0.3, -0.25) is 9.69 Å². The number of fused-ring (bicyclic) bond motifs is 1. The minimum atomic E-state index is -0.702. The Balaban J connectivity index is 1.23. The predicted octanol–water partition coefficient (Wildman–Crippen LogP) is 1.72. The van der Waals surface area contributed by atoms with Crippen LogP contribution >= 0.6 is 0 Å². The molecule has 0 radical (unpaired) electrons. The lowest BCUT2D eigenvalue weighted by atomic mass is 9.93. The highest BCUT2D eigenvalue weighted by atomic mass is 16.5. The van der Waals surface area contributed by atoms with Gasteiger partial charge in [0.25, 0.3) is 5.91 Å². The van der Waals surface area contributed by atoms with Gasteiger partial charge in [-0.25, -0.2) is 9.97 Å². The number of benzene rings is 1. The molecule has 6 N–H and O–H groups in total. The van der Waals surface area contributed by atoms with Crippen LogP contribution in [0.5, 0.6) is 5.75 Å². The van der Waals surface area contributed by atoms with E-state index in [1.54, 1.807) is 13.0 Å². The number of ether oxygens (including phenoxy) is 1. The van der Waals surface area contributed by atoms with E-state index in [0.29, 0.717) is 36.4 Å². The molecule has 0 bridgehead atoms. The number of aromatic nitrogens is 2. The number of nitrogens with one attached hydrogen (secondary N) is 2. The third-order valence-electron chi connectivity index (χ3n) is 6.42. The van der Waals surface area contributed by atoms with E-state index in [9.17, 15) is 15.0 Å². The van der Waals surface area contributed by atoms with Crippen molar-refractivity contribution in [2.75, 3.05) is 31.6 Å². The summed E-state index contributed by atoms with van der Waals surface area (Å²) >= 11 is 0. The smallest absolute Gasteiger partial charge is 0.270 e. The van der Waals surface area contributed by atoms with Crippen molar-refractivity contribution in [2.24, 2.45) is 5.73 Å². The number of hydrogen-bond donors (Lipinski definition) is 5. The Bertz CT molecular complexity index is 1070. The normalized spacial score (nSPS) is 17.5. The Hall–Kier alpha value is -3.37. The fourth-order valence-corrected chi connectivity index (χ4v) is 4.08. The van der Waals surface area contributed by atoms with Crippen molar-refractivity contribution >= 4 is 11.7 Å². The average Bonchev–Trinajstić information content (AvgIpc) is 2.83. The lowest BCUT2D eigenvalue weighted by Gasteiger charge is -2.30. The number of β-amino-alcohol motifs (C(OH)–C–C–N with tert-alkyl or cyclic N) is 1. The molecule has 1 aliphatic carbocycles. The number of allylic oxidation sites excluding steroid dienone is 1. The molecule has 0 saturated heterocycles. The molecule has 2 aromatic rings. The second-order valence-electron chi connectivity index (χ2n) is 9.26. The van der Waals surface area contributed by atoms with Gasteiger partial charge in [0, 0.05) is 44.0 Å². The van der Waals surface area contributed by atoms with Gasteiger partial charge in [-0.1, -0.05) is 6.07 Å². The summed E-state index contributed by atoms with van der Waals surface area (Å²) < 4.78 is 5.62. The number of carbonyl (C=O) groups is 1. The van der Waals surface area contributed by atoms with Crippen LogP contribution in [0.3, 0.4) is 0 Å². The average molecular weight is 483 g/mol. The van der Waals surface area contributed by atoms with Crippen LogP contribution in [0, 0.1) is 0 Å². The van der Waals surface area contributed by atoms with E-state index in [1.807, 2.05) is 18.2 Å². The van der Waals surface area contributed by atoms with E-state index in [0.717, 1.165) is 25.8 Å². The molecule has 1 aromatic heterocycles. The maximum atomic E-state index is 12.5. The maximum Gasteiger partial charge on any atom is 0.270 e. The van der Waals surface area contributed by atoms with Gasteiger partial charge in [0.1, 0.15) is 36.0 Å². The number of rotatable bonds is 10. The summed E-state index contributed by atoms with van der Waals surface area (Å²) in [6.45, 7) is 3.75. The first-order valence-corrected chi connectivity index (χ1v) is 12.0. The Kier molecular flexibility index (Phi) is 8.04. The lowest BCUT2D eigenvalue weighted by Crippen LogP contribution is -2.42. The van der Waals surface area contributed by atoms with E-state index in [-0.39, 0.29) is 30.5 Å². The third kappa shape index (κ3) is 6.83. The number of amides is 1. The van der Waals surface area contributed by atoms with E-state index in [4.69, 9.17) is 10.5 Å². The zero-order valence-corrected chi connectivity index (χ0v) is 20.0. The number of nitrogens with two attached hydrogens (primary N) is 1. The first-order valence-electron chi connectivity index (χ1n) is 12.0. The summed E-state index contributed by atoms with van der Waals surface area (Å²) in [6.07, 6.45) is 4.94. The highest BCUT2D eigenvalue weighted by Crippen LogP contribution is 2.24. The number of carbonyl (C=O) groups excluding carboxylic acids is 1. The van der Waals surface area contributed by atoms with Crippen molar-refractivity contribution in [2.45, 2.75) is 51.3 Å². The second-order valence-corrected chi connectivity index (χ2v) is 9.26. The summed E-state index contributed by atoms with van der Waals surface area (Å²) in [7, 11) is 0. The van der Waals surface area contributed by atoms with Crippen molar-refractivity contribution in [1.82, 2.24) is 20.2 Å². The van der Waals surface area contributed by atoms with E-state index in [1.165, 1.54) is 23.9 Å². The maximum absolute atomic E-state index is 12.5. The molecule has 188 valence electrons. The standard InChI is InChI=1S/C25H34N6O4/c1-16(26)23(33)14-35-21-6-5-18-12-31(8-7-17(18)9-21)13-20(32)11-27-25(34)22-10-24(29-15-28-22)30-19-3-2-4-19/h5-6,9-10,15,19-20,32-33H,2-4,7-8,11-14,26H2,1H3,(H,27,34)(H,28,29,30)/b23-16-. The van der Waals surface area contributed by atoms with Crippen molar-refractivity contribution in [3.05, 3.63) is 58.9 Å². The zero-order chi connectivity index (χ0) is 24.8. The Morgan fingerprint density at radius 2 is 2.11 bits per heavy atom. The fraction of sp³-hybridized carbons (Fsp3) is 0.480. The Morgan fingerprint density at radius 3 is 2.86 bits per heavy atom. The molecular formula is C25H34N6O4. The van der Waals surface area contributed by atoms with Crippen LogP contribution in [0.4, 0.5) is 5.82 Å². The molecule has 2 aliphatic rings. The van der Waals surface area contributed by atoms with Crippen LogP contribution in [-0.4, -0.2) is 69.4 Å². The molecule has 1 aromatic carbocycles. The molecule has 1 aliphatic heterocycles. The topological polar surface area (TPSA) is 146 Å². The SMILES string of the molecule is C/C(N)=C(/O)COc1ccc2c(c1)CCN(CC(O)CNC(=O)c1cc(NC3CCC3)ncn1)C2. The zero-order valence-electron chi connectivity index (χ0n) is 20.0. The number of hydrogen-bond acceptors (Lipinski definition) is 9. The van der Waals surface area contributed by atoms with Crippen LogP contribution in [0.1, 0.15) is 47.8 Å². The first kappa shape index (κ1) is 24.7. The van der Waals surface area contributed by atoms with Crippen molar-refractivity contribution in [1.29, 1.82) is 0 Å². The van der Waals surface area contributed by atoms with Gasteiger partial charge in [-0.2, -0.15) is 0 Å². The molecular weight excluding hydrogens is 448 g/mol. The summed E-state index contributed by atoms with van der Waals surface area (Å²) in [5.74, 6) is 1.04. The van der Waals surface area contributed by atoms with Crippen LogP contribution in [-0.2, 0) is 13.0 Å². The number of aliphatic hydroxyl groups excluding tert-OH is 2. The van der Waals surface area contributed by atoms with Gasteiger partial charge in [0.15, 0.2) is 0 Å². The van der Waals surface area contributed by atoms with Crippen molar-refractivity contribution in [3.8, 4) is 5.75 Å². The number of aliphatic hydroxyl groups is 2.